The minimum Gasteiger partial charge on any atom is -0.345 e. The van der Waals surface area contributed by atoms with E-state index in [0.29, 0.717) is 5.56 Å². The molecule has 1 aromatic heterocycles. The van der Waals surface area contributed by atoms with Gasteiger partial charge in [-0.25, -0.2) is 4.98 Å². The summed E-state index contributed by atoms with van der Waals surface area (Å²) in [5.41, 5.74) is 3.13. The fraction of sp³-hybridized carbons (Fsp3) is 0. The van der Waals surface area contributed by atoms with Crippen LogP contribution in [0.5, 0.6) is 0 Å². The number of fused-ring (bicyclic) bond motifs is 1. The summed E-state index contributed by atoms with van der Waals surface area (Å²) < 4.78 is 0.947. The van der Waals surface area contributed by atoms with E-state index in [4.69, 9.17) is 0 Å². The summed E-state index contributed by atoms with van der Waals surface area (Å²) in [6.07, 6.45) is 1.63. The summed E-state index contributed by atoms with van der Waals surface area (Å²) in [6.45, 7) is 0. The van der Waals surface area contributed by atoms with Gasteiger partial charge in [-0.1, -0.05) is 15.9 Å². The van der Waals surface area contributed by atoms with Crippen LogP contribution in [0, 0.1) is 0 Å². The number of benzene rings is 2. The Kier molecular flexibility index (Phi) is 3.05. The molecule has 1 heterocycles. The highest BCUT2D eigenvalue weighted by atomic mass is 79.9. The molecule has 0 unspecified atom stereocenters. The van der Waals surface area contributed by atoms with Gasteiger partial charge in [-0.15, -0.1) is 0 Å². The van der Waals surface area contributed by atoms with Crippen LogP contribution in [0.4, 0.5) is 5.69 Å². The number of aromatic nitrogens is 2. The number of nitrogens with zero attached hydrogens (tertiary/aromatic N) is 1. The van der Waals surface area contributed by atoms with Gasteiger partial charge in [0.25, 0.3) is 5.91 Å². The van der Waals surface area contributed by atoms with Gasteiger partial charge in [-0.05, 0) is 42.5 Å². The van der Waals surface area contributed by atoms with Crippen molar-refractivity contribution in [2.75, 3.05) is 5.32 Å². The summed E-state index contributed by atoms with van der Waals surface area (Å²) in [4.78, 5) is 19.2. The highest BCUT2D eigenvalue weighted by molar-refractivity contribution is 9.10. The van der Waals surface area contributed by atoms with Crippen molar-refractivity contribution < 1.29 is 4.79 Å². The van der Waals surface area contributed by atoms with Crippen LogP contribution in [0.15, 0.2) is 53.3 Å². The van der Waals surface area contributed by atoms with E-state index in [0.717, 1.165) is 21.2 Å². The predicted molar refractivity (Wildman–Crippen MR) is 78.2 cm³/mol. The summed E-state index contributed by atoms with van der Waals surface area (Å²) in [6, 6.07) is 12.8. The van der Waals surface area contributed by atoms with Crippen molar-refractivity contribution in [3.63, 3.8) is 0 Å². The Labute approximate surface area is 118 Å². The lowest BCUT2D eigenvalue weighted by Crippen LogP contribution is -2.11. The molecule has 3 rings (SSSR count). The van der Waals surface area contributed by atoms with Crippen LogP contribution in [0.2, 0.25) is 0 Å². The maximum absolute atomic E-state index is 12.0. The van der Waals surface area contributed by atoms with Crippen LogP contribution in [-0.4, -0.2) is 15.9 Å². The number of H-pyrrole nitrogens is 1. The molecule has 0 saturated carbocycles. The second-order valence-corrected chi connectivity index (χ2v) is 5.01. The smallest absolute Gasteiger partial charge is 0.255 e. The van der Waals surface area contributed by atoms with Crippen LogP contribution < -0.4 is 5.32 Å². The Morgan fingerprint density at radius 1 is 1.16 bits per heavy atom. The van der Waals surface area contributed by atoms with Crippen LogP contribution in [0.3, 0.4) is 0 Å². The molecule has 2 aromatic carbocycles. The minimum atomic E-state index is -0.133. The Bertz CT molecular complexity index is 734. The van der Waals surface area contributed by atoms with Gasteiger partial charge in [0.05, 0.1) is 17.4 Å². The topological polar surface area (TPSA) is 57.8 Å². The molecule has 5 heteroatoms. The van der Waals surface area contributed by atoms with E-state index in [9.17, 15) is 4.79 Å². The molecule has 0 saturated heterocycles. The second-order valence-electron chi connectivity index (χ2n) is 4.10. The van der Waals surface area contributed by atoms with Crippen LogP contribution in [0.1, 0.15) is 10.4 Å². The number of rotatable bonds is 2. The van der Waals surface area contributed by atoms with Crippen molar-refractivity contribution in [2.24, 2.45) is 0 Å². The van der Waals surface area contributed by atoms with Crippen molar-refractivity contribution in [1.82, 2.24) is 9.97 Å². The van der Waals surface area contributed by atoms with E-state index in [1.54, 1.807) is 18.5 Å². The fourth-order valence-electron chi connectivity index (χ4n) is 1.82. The van der Waals surface area contributed by atoms with Gasteiger partial charge >= 0.3 is 0 Å². The molecule has 0 aliphatic carbocycles. The first-order chi connectivity index (χ1) is 9.22. The highest BCUT2D eigenvalue weighted by Gasteiger charge is 2.06. The number of carbonyl (C=O) groups is 1. The van der Waals surface area contributed by atoms with Crippen molar-refractivity contribution >= 4 is 38.6 Å². The van der Waals surface area contributed by atoms with Crippen molar-refractivity contribution in [3.05, 3.63) is 58.8 Å². The molecule has 0 fully saturated rings. The summed E-state index contributed by atoms with van der Waals surface area (Å²) in [7, 11) is 0. The number of imidazole rings is 1. The largest absolute Gasteiger partial charge is 0.345 e. The van der Waals surface area contributed by atoms with E-state index in [-0.39, 0.29) is 5.91 Å². The number of hydrogen-bond acceptors (Lipinski definition) is 2. The summed E-state index contributed by atoms with van der Waals surface area (Å²) in [5.74, 6) is -0.133. The molecular formula is C14H10BrN3O. The van der Waals surface area contributed by atoms with Crippen molar-refractivity contribution in [1.29, 1.82) is 0 Å². The Hall–Kier alpha value is -2.14. The third-order valence-corrected chi connectivity index (χ3v) is 3.31. The third-order valence-electron chi connectivity index (χ3n) is 2.78. The van der Waals surface area contributed by atoms with Gasteiger partial charge in [-0.3, -0.25) is 4.79 Å². The standard InChI is InChI=1S/C14H10BrN3O/c15-10-3-1-9(2-4-10)14(19)18-11-5-6-12-13(7-11)17-8-16-12/h1-8H,(H,16,17)(H,18,19). The normalized spacial score (nSPS) is 10.6. The fourth-order valence-corrected chi connectivity index (χ4v) is 2.08. The van der Waals surface area contributed by atoms with Crippen molar-refractivity contribution in [3.8, 4) is 0 Å². The van der Waals surface area contributed by atoms with Gasteiger partial charge in [0.15, 0.2) is 0 Å². The maximum atomic E-state index is 12.0. The van der Waals surface area contributed by atoms with E-state index in [1.807, 2.05) is 30.3 Å². The number of hydrogen-bond donors (Lipinski definition) is 2. The SMILES string of the molecule is O=C(Nc1ccc2nc[nH]c2c1)c1ccc(Br)cc1. The van der Waals surface area contributed by atoms with Gasteiger partial charge in [0.2, 0.25) is 0 Å². The molecule has 0 bridgehead atoms. The van der Waals surface area contributed by atoms with Gasteiger partial charge in [-0.2, -0.15) is 0 Å². The highest BCUT2D eigenvalue weighted by Crippen LogP contribution is 2.17. The number of amides is 1. The molecule has 3 aromatic rings. The summed E-state index contributed by atoms with van der Waals surface area (Å²) in [5, 5.41) is 2.86. The molecule has 94 valence electrons. The van der Waals surface area contributed by atoms with Crippen LogP contribution in [0.25, 0.3) is 11.0 Å². The Balaban J connectivity index is 1.83. The molecule has 0 radical (unpaired) electrons. The van der Waals surface area contributed by atoms with Gasteiger partial charge in [0.1, 0.15) is 0 Å². The monoisotopic (exact) mass is 315 g/mol. The number of nitrogens with one attached hydrogen (secondary N) is 2. The molecule has 2 N–H and O–H groups in total. The quantitative estimate of drug-likeness (QED) is 0.759. The molecular weight excluding hydrogens is 306 g/mol. The molecule has 0 atom stereocenters. The lowest BCUT2D eigenvalue weighted by Gasteiger charge is -2.05. The molecule has 0 aliphatic rings. The number of carbonyl (C=O) groups excluding carboxylic acids is 1. The minimum absolute atomic E-state index is 0.133. The zero-order chi connectivity index (χ0) is 13.2. The maximum Gasteiger partial charge on any atom is 0.255 e. The molecule has 0 aliphatic heterocycles. The van der Waals surface area contributed by atoms with E-state index < -0.39 is 0 Å². The zero-order valence-electron chi connectivity index (χ0n) is 9.85. The molecule has 1 amide bonds. The number of anilines is 1. The predicted octanol–water partition coefficient (Wildman–Crippen LogP) is 3.58. The first-order valence-corrected chi connectivity index (χ1v) is 6.52. The second kappa shape index (κ2) is 4.85. The average molecular weight is 316 g/mol. The van der Waals surface area contributed by atoms with Crippen LogP contribution >= 0.6 is 15.9 Å². The first kappa shape index (κ1) is 11.9. The van der Waals surface area contributed by atoms with Crippen molar-refractivity contribution in [2.45, 2.75) is 0 Å². The van der Waals surface area contributed by atoms with Gasteiger partial charge in [0, 0.05) is 15.7 Å². The molecule has 19 heavy (non-hydrogen) atoms. The summed E-state index contributed by atoms with van der Waals surface area (Å²) >= 11 is 3.34. The van der Waals surface area contributed by atoms with E-state index >= 15 is 0 Å². The van der Waals surface area contributed by atoms with Gasteiger partial charge < -0.3 is 10.3 Å². The molecule has 0 spiro atoms. The lowest BCUT2D eigenvalue weighted by atomic mass is 10.2. The number of aromatic amines is 1. The Morgan fingerprint density at radius 2 is 1.95 bits per heavy atom. The van der Waals surface area contributed by atoms with E-state index in [1.165, 1.54) is 0 Å². The lowest BCUT2D eigenvalue weighted by molar-refractivity contribution is 0.102. The average Bonchev–Trinajstić information content (AvgIpc) is 2.87. The number of halogens is 1. The third kappa shape index (κ3) is 2.51. The molecule has 4 nitrogen and oxygen atoms in total. The van der Waals surface area contributed by atoms with E-state index in [2.05, 4.69) is 31.2 Å². The van der Waals surface area contributed by atoms with Crippen LogP contribution in [-0.2, 0) is 0 Å². The Morgan fingerprint density at radius 3 is 2.74 bits per heavy atom. The zero-order valence-corrected chi connectivity index (χ0v) is 11.4. The first-order valence-electron chi connectivity index (χ1n) is 5.72.